The van der Waals surface area contributed by atoms with Crippen molar-refractivity contribution >= 4 is 23.2 Å². The second kappa shape index (κ2) is 7.58. The molecule has 0 atom stereocenters. The van der Waals surface area contributed by atoms with Gasteiger partial charge in [0.15, 0.2) is 0 Å². The zero-order chi connectivity index (χ0) is 15.2. The van der Waals surface area contributed by atoms with Gasteiger partial charge in [0.2, 0.25) is 0 Å². The Morgan fingerprint density at radius 2 is 1.14 bits per heavy atom. The number of benzene rings is 2. The predicted octanol–water partition coefficient (Wildman–Crippen LogP) is 4.25. The smallest absolute Gasteiger partial charge is 0.119 e. The number of aromatic hydroxyl groups is 2. The van der Waals surface area contributed by atoms with Crippen LogP contribution >= 0.6 is 23.2 Å². The number of rotatable bonds is 6. The molecule has 21 heavy (non-hydrogen) atoms. The normalized spacial score (nSPS) is 10.8. The molecule has 0 aliphatic carbocycles. The fourth-order valence-corrected chi connectivity index (χ4v) is 2.73. The zero-order valence-corrected chi connectivity index (χ0v) is 13.2. The highest BCUT2D eigenvalue weighted by molar-refractivity contribution is 6.18. The maximum absolute atomic E-state index is 9.99. The highest BCUT2D eigenvalue weighted by atomic mass is 35.5. The number of hydrogen-bond donors (Lipinski definition) is 2. The Labute approximate surface area is 135 Å². The van der Waals surface area contributed by atoms with Crippen LogP contribution in [-0.2, 0) is 19.3 Å². The summed E-state index contributed by atoms with van der Waals surface area (Å²) in [6.45, 7) is 0. The highest BCUT2D eigenvalue weighted by Gasteiger charge is 2.09. The average molecular weight is 325 g/mol. The standard InChI is InChI=1S/C17H18Cl2O2/c18-7-5-12-1-3-16(20)14(9-12)11-15-10-13(6-8-19)2-4-17(15)21/h1-4,9-10,20-21H,5-8,11H2. The third-order valence-corrected chi connectivity index (χ3v) is 3.81. The van der Waals surface area contributed by atoms with Crippen LogP contribution in [0.5, 0.6) is 11.5 Å². The minimum atomic E-state index is 0.232. The fraction of sp³-hybridized carbons (Fsp3) is 0.294. The van der Waals surface area contributed by atoms with Crippen LogP contribution in [-0.4, -0.2) is 22.0 Å². The molecule has 0 amide bonds. The predicted molar refractivity (Wildman–Crippen MR) is 87.9 cm³/mol. The van der Waals surface area contributed by atoms with Gasteiger partial charge in [-0.2, -0.15) is 0 Å². The Hall–Kier alpha value is -1.38. The van der Waals surface area contributed by atoms with E-state index in [4.69, 9.17) is 23.2 Å². The third kappa shape index (κ3) is 4.29. The van der Waals surface area contributed by atoms with Crippen LogP contribution in [0.15, 0.2) is 36.4 Å². The number of hydrogen-bond acceptors (Lipinski definition) is 2. The summed E-state index contributed by atoms with van der Waals surface area (Å²) in [5.41, 5.74) is 3.73. The van der Waals surface area contributed by atoms with E-state index in [-0.39, 0.29) is 11.5 Å². The molecule has 0 saturated carbocycles. The maximum atomic E-state index is 9.99. The summed E-state index contributed by atoms with van der Waals surface area (Å²) in [7, 11) is 0. The molecule has 2 rings (SSSR count). The van der Waals surface area contributed by atoms with Crippen molar-refractivity contribution in [3.8, 4) is 11.5 Å². The molecule has 0 aromatic heterocycles. The Morgan fingerprint density at radius 3 is 1.52 bits per heavy atom. The van der Waals surface area contributed by atoms with Crippen molar-refractivity contribution in [3.63, 3.8) is 0 Å². The van der Waals surface area contributed by atoms with Crippen LogP contribution in [0.4, 0.5) is 0 Å². The highest BCUT2D eigenvalue weighted by Crippen LogP contribution is 2.27. The van der Waals surface area contributed by atoms with Gasteiger partial charge < -0.3 is 10.2 Å². The summed E-state index contributed by atoms with van der Waals surface area (Å²) >= 11 is 11.5. The van der Waals surface area contributed by atoms with E-state index < -0.39 is 0 Å². The zero-order valence-electron chi connectivity index (χ0n) is 11.6. The van der Waals surface area contributed by atoms with Crippen molar-refractivity contribution in [2.75, 3.05) is 11.8 Å². The van der Waals surface area contributed by atoms with Gasteiger partial charge in [-0.3, -0.25) is 0 Å². The monoisotopic (exact) mass is 324 g/mol. The van der Waals surface area contributed by atoms with Crippen LogP contribution in [0.3, 0.4) is 0 Å². The number of phenolic OH excluding ortho intramolecular Hbond substituents is 2. The van der Waals surface area contributed by atoms with E-state index in [1.807, 2.05) is 24.3 Å². The third-order valence-electron chi connectivity index (χ3n) is 3.44. The van der Waals surface area contributed by atoms with E-state index in [1.165, 1.54) is 0 Å². The van der Waals surface area contributed by atoms with E-state index in [0.29, 0.717) is 18.2 Å². The quantitative estimate of drug-likeness (QED) is 0.780. The van der Waals surface area contributed by atoms with E-state index in [2.05, 4.69) is 0 Å². The lowest BCUT2D eigenvalue weighted by Gasteiger charge is -2.10. The van der Waals surface area contributed by atoms with E-state index >= 15 is 0 Å². The molecule has 0 radical (unpaired) electrons. The summed E-state index contributed by atoms with van der Waals surface area (Å²) in [4.78, 5) is 0. The van der Waals surface area contributed by atoms with Gasteiger partial charge in [-0.15, -0.1) is 23.2 Å². The molecule has 0 unspecified atom stereocenters. The van der Waals surface area contributed by atoms with Crippen LogP contribution in [0.25, 0.3) is 0 Å². The van der Waals surface area contributed by atoms with Crippen molar-refractivity contribution < 1.29 is 10.2 Å². The first-order valence-corrected chi connectivity index (χ1v) is 7.94. The Balaban J connectivity index is 2.28. The van der Waals surface area contributed by atoms with E-state index in [0.717, 1.165) is 35.1 Å². The lowest BCUT2D eigenvalue weighted by molar-refractivity contribution is 0.462. The van der Waals surface area contributed by atoms with Gasteiger partial charge in [0.1, 0.15) is 11.5 Å². The largest absolute Gasteiger partial charge is 0.508 e. The lowest BCUT2D eigenvalue weighted by Crippen LogP contribution is -1.95. The minimum Gasteiger partial charge on any atom is -0.508 e. The number of phenols is 2. The molecule has 4 heteroatoms. The van der Waals surface area contributed by atoms with Crippen molar-refractivity contribution in [3.05, 3.63) is 58.7 Å². The second-order valence-corrected chi connectivity index (χ2v) is 5.74. The van der Waals surface area contributed by atoms with E-state index in [9.17, 15) is 10.2 Å². The minimum absolute atomic E-state index is 0.232. The van der Waals surface area contributed by atoms with Crippen molar-refractivity contribution in [1.29, 1.82) is 0 Å². The summed E-state index contributed by atoms with van der Waals surface area (Å²) in [6, 6.07) is 11.0. The molecule has 0 saturated heterocycles. The first kappa shape index (κ1) is 16.0. The summed E-state index contributed by atoms with van der Waals surface area (Å²) in [5.74, 6) is 1.55. The van der Waals surface area contributed by atoms with Gasteiger partial charge in [-0.1, -0.05) is 24.3 Å². The molecule has 0 heterocycles. The fourth-order valence-electron chi connectivity index (χ4n) is 2.30. The molecule has 2 N–H and O–H groups in total. The first-order valence-electron chi connectivity index (χ1n) is 6.87. The molecule has 2 aromatic carbocycles. The molecule has 0 aliphatic rings. The summed E-state index contributed by atoms with van der Waals surface area (Å²) < 4.78 is 0. The molecule has 112 valence electrons. The maximum Gasteiger partial charge on any atom is 0.119 e. The molecule has 2 aromatic rings. The molecule has 0 bridgehead atoms. The molecular weight excluding hydrogens is 307 g/mol. The Morgan fingerprint density at radius 1 is 0.714 bits per heavy atom. The van der Waals surface area contributed by atoms with Crippen LogP contribution in [0, 0.1) is 0 Å². The number of alkyl halides is 2. The number of halogens is 2. The first-order chi connectivity index (χ1) is 10.1. The lowest BCUT2D eigenvalue weighted by atomic mass is 9.98. The van der Waals surface area contributed by atoms with Crippen LogP contribution < -0.4 is 0 Å². The van der Waals surface area contributed by atoms with Crippen molar-refractivity contribution in [2.24, 2.45) is 0 Å². The molecule has 0 aliphatic heterocycles. The SMILES string of the molecule is Oc1ccc(CCCl)cc1Cc1cc(CCCl)ccc1O. The van der Waals surface area contributed by atoms with Crippen LogP contribution in [0.2, 0.25) is 0 Å². The van der Waals surface area contributed by atoms with Gasteiger partial charge in [-0.05, 0) is 47.2 Å². The summed E-state index contributed by atoms with van der Waals surface area (Å²) in [5, 5.41) is 20.0. The average Bonchev–Trinajstić information content (AvgIpc) is 2.46. The topological polar surface area (TPSA) is 40.5 Å². The van der Waals surface area contributed by atoms with Gasteiger partial charge in [0, 0.05) is 18.2 Å². The Bertz CT molecular complexity index is 558. The van der Waals surface area contributed by atoms with Gasteiger partial charge >= 0.3 is 0 Å². The second-order valence-electron chi connectivity index (χ2n) is 4.98. The number of aryl methyl sites for hydroxylation is 2. The van der Waals surface area contributed by atoms with Crippen LogP contribution in [0.1, 0.15) is 22.3 Å². The van der Waals surface area contributed by atoms with Crippen molar-refractivity contribution in [2.45, 2.75) is 19.3 Å². The Kier molecular flexibility index (Phi) is 5.77. The molecular formula is C17H18Cl2O2. The van der Waals surface area contributed by atoms with Gasteiger partial charge in [-0.25, -0.2) is 0 Å². The molecule has 2 nitrogen and oxygen atoms in total. The summed E-state index contributed by atoms with van der Waals surface area (Å²) in [6.07, 6.45) is 1.99. The van der Waals surface area contributed by atoms with Gasteiger partial charge in [0.05, 0.1) is 0 Å². The molecule has 0 fully saturated rings. The van der Waals surface area contributed by atoms with E-state index in [1.54, 1.807) is 12.1 Å². The van der Waals surface area contributed by atoms with Gasteiger partial charge in [0.25, 0.3) is 0 Å². The van der Waals surface area contributed by atoms with Crippen molar-refractivity contribution in [1.82, 2.24) is 0 Å². The molecule has 0 spiro atoms.